The minimum atomic E-state index is -3.10. The Kier molecular flexibility index (Phi) is 5.37. The van der Waals surface area contributed by atoms with Gasteiger partial charge in [-0.1, -0.05) is 19.8 Å². The number of likely N-dealkylation sites (N-methyl/N-ethyl adjacent to an activating group) is 1. The number of carbonyl (C=O) groups is 2. The molecule has 0 aromatic heterocycles. The summed E-state index contributed by atoms with van der Waals surface area (Å²) in [5.74, 6) is -2.83. The molecular formula is C13H25NO4. The van der Waals surface area contributed by atoms with Gasteiger partial charge in [-0.3, -0.25) is 4.79 Å². The number of nitrogens with zero attached hydrogens (tertiary/aromatic N) is 1. The molecule has 0 fully saturated rings. The maximum atomic E-state index is 11.8. The van der Waals surface area contributed by atoms with E-state index in [1.54, 1.807) is 21.1 Å². The highest BCUT2D eigenvalue weighted by molar-refractivity contribution is 5.70. The minimum Gasteiger partial charge on any atom is -0.550 e. The Morgan fingerprint density at radius 3 is 2.44 bits per heavy atom. The van der Waals surface area contributed by atoms with Crippen LogP contribution in [0.1, 0.15) is 43.1 Å². The van der Waals surface area contributed by atoms with E-state index in [0.717, 1.165) is 12.8 Å². The Morgan fingerprint density at radius 1 is 1.39 bits per heavy atom. The van der Waals surface area contributed by atoms with Crippen molar-refractivity contribution in [2.24, 2.45) is 0 Å². The van der Waals surface area contributed by atoms with Crippen LogP contribution in [0.3, 0.4) is 0 Å². The SMILES string of the molecule is [2H]C(C[N+](C)(C)C)(OC(=O)CCCCC)C([2H])([2H])C(=O)[O-]. The normalized spacial score (nSPS) is 18.1. The van der Waals surface area contributed by atoms with Gasteiger partial charge in [0.25, 0.3) is 0 Å². The van der Waals surface area contributed by atoms with Crippen LogP contribution in [0, 0.1) is 0 Å². The van der Waals surface area contributed by atoms with Crippen LogP contribution >= 0.6 is 0 Å². The van der Waals surface area contributed by atoms with Gasteiger partial charge in [0, 0.05) is 21.5 Å². The van der Waals surface area contributed by atoms with Crippen LogP contribution in [0.4, 0.5) is 0 Å². The second kappa shape index (κ2) is 8.08. The molecule has 0 amide bonds. The van der Waals surface area contributed by atoms with Crippen molar-refractivity contribution in [1.82, 2.24) is 0 Å². The van der Waals surface area contributed by atoms with Crippen LogP contribution in [0.2, 0.25) is 0 Å². The van der Waals surface area contributed by atoms with Crippen molar-refractivity contribution in [3.05, 3.63) is 0 Å². The number of esters is 1. The zero-order chi connectivity index (χ0) is 16.9. The third-order valence-electron chi connectivity index (χ3n) is 2.08. The van der Waals surface area contributed by atoms with E-state index in [0.29, 0.717) is 6.42 Å². The second-order valence-electron chi connectivity index (χ2n) is 5.22. The van der Waals surface area contributed by atoms with Crippen LogP contribution in [-0.4, -0.2) is 50.2 Å². The number of hydrogen-bond acceptors (Lipinski definition) is 4. The molecule has 18 heavy (non-hydrogen) atoms. The number of quaternary nitrogens is 1. The van der Waals surface area contributed by atoms with Gasteiger partial charge in [-0.15, -0.1) is 0 Å². The molecule has 0 aliphatic heterocycles. The molecule has 0 aromatic carbocycles. The molecule has 0 spiro atoms. The Bertz CT molecular complexity index is 382. The van der Waals surface area contributed by atoms with Crippen LogP contribution in [0.5, 0.6) is 0 Å². The lowest BCUT2D eigenvalue weighted by Crippen LogP contribution is -2.45. The summed E-state index contributed by atoms with van der Waals surface area (Å²) in [6.07, 6.45) is -3.33. The lowest BCUT2D eigenvalue weighted by molar-refractivity contribution is -0.873. The predicted molar refractivity (Wildman–Crippen MR) is 66.5 cm³/mol. The van der Waals surface area contributed by atoms with E-state index in [-0.39, 0.29) is 17.4 Å². The van der Waals surface area contributed by atoms with Crippen LogP contribution < -0.4 is 5.11 Å². The van der Waals surface area contributed by atoms with Crippen molar-refractivity contribution in [3.8, 4) is 0 Å². The van der Waals surface area contributed by atoms with Gasteiger partial charge in [0.05, 0.1) is 22.5 Å². The maximum Gasteiger partial charge on any atom is 0.306 e. The molecule has 5 heteroatoms. The lowest BCUT2D eigenvalue weighted by Gasteiger charge is -2.29. The number of carbonyl (C=O) groups excluding carboxylic acids is 2. The molecule has 0 saturated carbocycles. The number of ether oxygens (including phenoxy) is 1. The topological polar surface area (TPSA) is 66.4 Å². The second-order valence-corrected chi connectivity index (χ2v) is 5.22. The van der Waals surface area contributed by atoms with Crippen molar-refractivity contribution in [3.63, 3.8) is 0 Å². The van der Waals surface area contributed by atoms with E-state index in [4.69, 9.17) is 8.85 Å². The molecular weight excluding hydrogens is 234 g/mol. The number of rotatable bonds is 9. The van der Waals surface area contributed by atoms with Gasteiger partial charge in [0.2, 0.25) is 0 Å². The zero-order valence-electron chi connectivity index (χ0n) is 14.6. The maximum absolute atomic E-state index is 11.8. The highest BCUT2D eigenvalue weighted by Gasteiger charge is 2.22. The molecule has 0 rings (SSSR count). The highest BCUT2D eigenvalue weighted by atomic mass is 16.5. The van der Waals surface area contributed by atoms with Gasteiger partial charge in [0.15, 0.2) is 6.08 Å². The number of carboxylic acids is 1. The summed E-state index contributed by atoms with van der Waals surface area (Å²) < 4.78 is 28.1. The molecule has 0 N–H and O–H groups in total. The third kappa shape index (κ3) is 10.1. The predicted octanol–water partition coefficient (Wildman–Crippen LogP) is 0.325. The first-order valence-corrected chi connectivity index (χ1v) is 6.09. The van der Waals surface area contributed by atoms with E-state index >= 15 is 0 Å². The van der Waals surface area contributed by atoms with E-state index in [9.17, 15) is 14.7 Å². The van der Waals surface area contributed by atoms with E-state index in [1.165, 1.54) is 0 Å². The molecule has 0 heterocycles. The van der Waals surface area contributed by atoms with E-state index in [1.807, 2.05) is 6.92 Å². The quantitative estimate of drug-likeness (QED) is 0.341. The van der Waals surface area contributed by atoms with Gasteiger partial charge >= 0.3 is 5.97 Å². The highest BCUT2D eigenvalue weighted by Crippen LogP contribution is 2.08. The molecule has 0 bridgehead atoms. The van der Waals surface area contributed by atoms with Crippen molar-refractivity contribution >= 4 is 11.9 Å². The van der Waals surface area contributed by atoms with E-state index < -0.39 is 24.4 Å². The van der Waals surface area contributed by atoms with Crippen LogP contribution in [-0.2, 0) is 14.3 Å². The number of carboxylic acid groups (broad SMARTS) is 1. The molecule has 0 aliphatic carbocycles. The third-order valence-corrected chi connectivity index (χ3v) is 2.08. The van der Waals surface area contributed by atoms with Gasteiger partial charge in [-0.25, -0.2) is 0 Å². The van der Waals surface area contributed by atoms with Gasteiger partial charge in [-0.05, 0) is 6.42 Å². The monoisotopic (exact) mass is 262 g/mol. The fraction of sp³-hybridized carbons (Fsp3) is 0.846. The molecule has 0 aromatic rings. The zero-order valence-corrected chi connectivity index (χ0v) is 11.6. The Labute approximate surface area is 114 Å². The fourth-order valence-corrected chi connectivity index (χ4v) is 1.35. The van der Waals surface area contributed by atoms with E-state index in [2.05, 4.69) is 0 Å². The first kappa shape index (κ1) is 12.0. The van der Waals surface area contributed by atoms with Crippen molar-refractivity contribution < 1.29 is 28.0 Å². The van der Waals surface area contributed by atoms with Crippen molar-refractivity contribution in [2.45, 2.75) is 45.1 Å². The summed E-state index contributed by atoms with van der Waals surface area (Å²) in [5, 5.41) is 11.0. The summed E-state index contributed by atoms with van der Waals surface area (Å²) in [5.41, 5.74) is 0. The summed E-state index contributed by atoms with van der Waals surface area (Å²) in [7, 11) is 4.96. The number of unbranched alkanes of at least 4 members (excludes halogenated alkanes) is 2. The molecule has 1 unspecified atom stereocenters. The summed E-state index contributed by atoms with van der Waals surface area (Å²) in [6.45, 7) is 1.65. The number of hydrogen-bond donors (Lipinski definition) is 0. The Hall–Kier alpha value is -1.10. The smallest absolute Gasteiger partial charge is 0.306 e. The standard InChI is InChI=1S/C13H25NO4/c1-5-6-7-8-13(17)18-11(9-12(15)16)10-14(2,3)4/h11H,5-10H2,1-4H3/i9D2,11D. The molecule has 0 saturated heterocycles. The molecule has 0 aliphatic rings. The fourth-order valence-electron chi connectivity index (χ4n) is 1.35. The van der Waals surface area contributed by atoms with Gasteiger partial charge in [0.1, 0.15) is 6.54 Å². The molecule has 1 atom stereocenters. The Balaban J connectivity index is 5.15. The Morgan fingerprint density at radius 2 is 2.00 bits per heavy atom. The van der Waals surface area contributed by atoms with Crippen LogP contribution in [0.15, 0.2) is 0 Å². The van der Waals surface area contributed by atoms with Gasteiger partial charge in [-0.2, -0.15) is 0 Å². The first-order chi connectivity index (χ1) is 9.35. The summed E-state index contributed by atoms with van der Waals surface area (Å²) in [6, 6.07) is 0. The molecule has 106 valence electrons. The lowest BCUT2D eigenvalue weighted by atomic mass is 10.2. The molecule has 0 radical (unpaired) electrons. The average Bonchev–Trinajstić information content (AvgIpc) is 2.25. The summed E-state index contributed by atoms with van der Waals surface area (Å²) in [4.78, 5) is 22.8. The largest absolute Gasteiger partial charge is 0.550 e. The van der Waals surface area contributed by atoms with Crippen molar-refractivity contribution in [1.29, 1.82) is 0 Å². The molecule has 5 nitrogen and oxygen atoms in total. The van der Waals surface area contributed by atoms with Gasteiger partial charge < -0.3 is 19.1 Å². The van der Waals surface area contributed by atoms with Crippen molar-refractivity contribution in [2.75, 3.05) is 27.7 Å². The van der Waals surface area contributed by atoms with Crippen LogP contribution in [0.25, 0.3) is 0 Å². The first-order valence-electron chi connectivity index (χ1n) is 7.59. The average molecular weight is 262 g/mol. The number of aliphatic carboxylic acids is 1. The minimum absolute atomic E-state index is 0.0364. The summed E-state index contributed by atoms with van der Waals surface area (Å²) >= 11 is 0.